The number of piperidine rings is 1. The number of nitrogens with zero attached hydrogens (tertiary/aromatic N) is 2. The first-order valence-electron chi connectivity index (χ1n) is 8.11. The zero-order chi connectivity index (χ0) is 19.1. The summed E-state index contributed by atoms with van der Waals surface area (Å²) in [6, 6.07) is 5.25. The molecular formula is C16H20N4O5S. The highest BCUT2D eigenvalue weighted by molar-refractivity contribution is 7.89. The van der Waals surface area contributed by atoms with E-state index in [0.717, 1.165) is 4.31 Å². The number of nitrogens with one attached hydrogen (secondary N) is 2. The normalized spacial score (nSPS) is 19.6. The van der Waals surface area contributed by atoms with E-state index in [0.29, 0.717) is 31.5 Å². The molecule has 0 atom stereocenters. The van der Waals surface area contributed by atoms with Crippen LogP contribution in [0.4, 0.5) is 4.79 Å². The fourth-order valence-corrected chi connectivity index (χ4v) is 4.04. The number of carbonyl (C=O) groups is 3. The van der Waals surface area contributed by atoms with Gasteiger partial charge in [-0.1, -0.05) is 0 Å². The van der Waals surface area contributed by atoms with Crippen LogP contribution < -0.4 is 10.6 Å². The average molecular weight is 380 g/mol. The van der Waals surface area contributed by atoms with Crippen LogP contribution in [0.15, 0.2) is 29.2 Å². The number of imide groups is 1. The Hall–Kier alpha value is -2.46. The first kappa shape index (κ1) is 18.3. The highest BCUT2D eigenvalue weighted by Crippen LogP contribution is 2.26. The van der Waals surface area contributed by atoms with Gasteiger partial charge in [-0.2, -0.15) is 0 Å². The van der Waals surface area contributed by atoms with Gasteiger partial charge in [-0.3, -0.25) is 14.9 Å². The molecule has 1 spiro atoms. The van der Waals surface area contributed by atoms with Gasteiger partial charge in [-0.05, 0) is 37.1 Å². The van der Waals surface area contributed by atoms with E-state index in [9.17, 15) is 22.8 Å². The molecule has 0 saturated carbocycles. The summed E-state index contributed by atoms with van der Waals surface area (Å²) in [7, 11) is -0.666. The summed E-state index contributed by atoms with van der Waals surface area (Å²) in [5, 5.41) is 4.87. The minimum Gasteiger partial charge on any atom is -0.338 e. The Kier molecular flexibility index (Phi) is 4.49. The predicted octanol–water partition coefficient (Wildman–Crippen LogP) is -0.249. The smallest absolute Gasteiger partial charge is 0.322 e. The van der Waals surface area contributed by atoms with Crippen molar-refractivity contribution in [1.82, 2.24) is 19.8 Å². The van der Waals surface area contributed by atoms with Gasteiger partial charge in [0.25, 0.3) is 11.8 Å². The lowest BCUT2D eigenvalue weighted by atomic mass is 9.87. The van der Waals surface area contributed by atoms with Gasteiger partial charge >= 0.3 is 6.03 Å². The van der Waals surface area contributed by atoms with E-state index in [4.69, 9.17) is 0 Å². The molecule has 0 aliphatic carbocycles. The van der Waals surface area contributed by atoms with Crippen LogP contribution in [0.25, 0.3) is 0 Å². The first-order chi connectivity index (χ1) is 12.2. The molecule has 140 valence electrons. The Morgan fingerprint density at radius 1 is 1.12 bits per heavy atom. The topological polar surface area (TPSA) is 116 Å². The number of amides is 4. The van der Waals surface area contributed by atoms with E-state index in [2.05, 4.69) is 10.6 Å². The second-order valence-corrected chi connectivity index (χ2v) is 8.75. The number of carbonyl (C=O) groups excluding carboxylic acids is 3. The molecule has 1 aromatic carbocycles. The van der Waals surface area contributed by atoms with E-state index >= 15 is 0 Å². The maximum Gasteiger partial charge on any atom is 0.322 e. The van der Waals surface area contributed by atoms with Gasteiger partial charge in [0.05, 0.1) is 4.90 Å². The molecule has 2 aliphatic heterocycles. The lowest BCUT2D eigenvalue weighted by molar-refractivity contribution is -0.125. The number of hydrogen-bond acceptors (Lipinski definition) is 5. The van der Waals surface area contributed by atoms with Crippen molar-refractivity contribution in [3.05, 3.63) is 29.8 Å². The van der Waals surface area contributed by atoms with Gasteiger partial charge in [0, 0.05) is 32.7 Å². The number of benzene rings is 1. The lowest BCUT2D eigenvalue weighted by Crippen LogP contribution is -2.55. The van der Waals surface area contributed by atoms with Gasteiger partial charge in [0.1, 0.15) is 5.54 Å². The summed E-state index contributed by atoms with van der Waals surface area (Å²) in [6.07, 6.45) is 0.673. The van der Waals surface area contributed by atoms with E-state index in [1.54, 1.807) is 4.90 Å². The van der Waals surface area contributed by atoms with Crippen molar-refractivity contribution in [1.29, 1.82) is 0 Å². The third kappa shape index (κ3) is 3.06. The summed E-state index contributed by atoms with van der Waals surface area (Å²) in [6.45, 7) is 0.647. The van der Waals surface area contributed by atoms with Crippen molar-refractivity contribution in [2.24, 2.45) is 0 Å². The summed E-state index contributed by atoms with van der Waals surface area (Å²) in [5.41, 5.74) is -0.559. The maximum absolute atomic E-state index is 12.6. The van der Waals surface area contributed by atoms with Crippen LogP contribution in [0.3, 0.4) is 0 Å². The van der Waals surface area contributed by atoms with Crippen molar-refractivity contribution in [2.75, 3.05) is 27.2 Å². The Morgan fingerprint density at radius 2 is 1.69 bits per heavy atom. The molecule has 4 amide bonds. The number of hydrogen-bond donors (Lipinski definition) is 2. The van der Waals surface area contributed by atoms with Crippen molar-refractivity contribution in [3.63, 3.8) is 0 Å². The standard InChI is InChI=1S/C16H20N4O5S/c1-19(2)26(24,25)12-5-3-11(4-6-12)13(21)20-9-7-16(8-10-20)14(22)17-15(23)18-16/h3-6H,7-10H2,1-2H3,(H2,17,18,22,23). The molecule has 1 aromatic rings. The molecule has 2 fully saturated rings. The van der Waals surface area contributed by atoms with Crippen molar-refractivity contribution < 1.29 is 22.8 Å². The zero-order valence-corrected chi connectivity index (χ0v) is 15.3. The van der Waals surface area contributed by atoms with Crippen LogP contribution in [-0.4, -0.2) is 68.2 Å². The average Bonchev–Trinajstić information content (AvgIpc) is 2.88. The molecule has 0 unspecified atom stereocenters. The van der Waals surface area contributed by atoms with Gasteiger partial charge in [0.2, 0.25) is 10.0 Å². The van der Waals surface area contributed by atoms with E-state index in [1.165, 1.54) is 38.4 Å². The molecule has 0 bridgehead atoms. The van der Waals surface area contributed by atoms with Crippen LogP contribution in [0, 0.1) is 0 Å². The molecule has 26 heavy (non-hydrogen) atoms. The molecule has 3 rings (SSSR count). The summed E-state index contributed by atoms with van der Waals surface area (Å²) < 4.78 is 25.3. The monoisotopic (exact) mass is 380 g/mol. The minimum atomic E-state index is -3.55. The highest BCUT2D eigenvalue weighted by atomic mass is 32.2. The van der Waals surface area contributed by atoms with Gasteiger partial charge < -0.3 is 10.2 Å². The predicted molar refractivity (Wildman–Crippen MR) is 91.9 cm³/mol. The molecule has 2 aliphatic rings. The van der Waals surface area contributed by atoms with Gasteiger partial charge in [-0.15, -0.1) is 0 Å². The van der Waals surface area contributed by atoms with Crippen LogP contribution in [-0.2, 0) is 14.8 Å². The lowest BCUT2D eigenvalue weighted by Gasteiger charge is -2.37. The third-order valence-corrected chi connectivity index (χ3v) is 6.63. The molecular weight excluding hydrogens is 360 g/mol. The van der Waals surface area contributed by atoms with Crippen LogP contribution in [0.5, 0.6) is 0 Å². The van der Waals surface area contributed by atoms with E-state index in [-0.39, 0.29) is 16.7 Å². The Bertz CT molecular complexity index is 855. The second kappa shape index (κ2) is 6.36. The quantitative estimate of drug-likeness (QED) is 0.702. The minimum absolute atomic E-state index is 0.113. The van der Waals surface area contributed by atoms with Crippen molar-refractivity contribution in [3.8, 4) is 0 Å². The SMILES string of the molecule is CN(C)S(=O)(=O)c1ccc(C(=O)N2CCC3(CC2)NC(=O)NC3=O)cc1. The highest BCUT2D eigenvalue weighted by Gasteiger charge is 2.48. The second-order valence-electron chi connectivity index (χ2n) is 6.59. The number of rotatable bonds is 3. The molecule has 0 aromatic heterocycles. The van der Waals surface area contributed by atoms with Gasteiger partial charge in [0.15, 0.2) is 0 Å². The van der Waals surface area contributed by atoms with Crippen LogP contribution in [0.1, 0.15) is 23.2 Å². The van der Waals surface area contributed by atoms with Crippen LogP contribution >= 0.6 is 0 Å². The Labute approximate surface area is 151 Å². The van der Waals surface area contributed by atoms with Gasteiger partial charge in [-0.25, -0.2) is 17.5 Å². The maximum atomic E-state index is 12.6. The molecule has 2 saturated heterocycles. The van der Waals surface area contributed by atoms with Crippen molar-refractivity contribution >= 4 is 27.9 Å². The number of likely N-dealkylation sites (tertiary alicyclic amines) is 1. The summed E-state index contributed by atoms with van der Waals surface area (Å²) >= 11 is 0. The van der Waals surface area contributed by atoms with E-state index < -0.39 is 21.6 Å². The molecule has 2 heterocycles. The Balaban J connectivity index is 1.70. The van der Waals surface area contributed by atoms with E-state index in [1.807, 2.05) is 0 Å². The Morgan fingerprint density at radius 3 is 2.15 bits per heavy atom. The molecule has 9 nitrogen and oxygen atoms in total. The number of sulfonamides is 1. The number of urea groups is 1. The molecule has 2 N–H and O–H groups in total. The third-order valence-electron chi connectivity index (χ3n) is 4.80. The molecule has 10 heteroatoms. The largest absolute Gasteiger partial charge is 0.338 e. The summed E-state index contributed by atoms with van der Waals surface area (Å²) in [5.74, 6) is -0.591. The fourth-order valence-electron chi connectivity index (χ4n) is 3.13. The fraction of sp³-hybridized carbons (Fsp3) is 0.438. The molecule has 0 radical (unpaired) electrons. The zero-order valence-electron chi connectivity index (χ0n) is 14.5. The van der Waals surface area contributed by atoms with Crippen molar-refractivity contribution in [2.45, 2.75) is 23.3 Å². The summed E-state index contributed by atoms with van der Waals surface area (Å²) in [4.78, 5) is 37.6. The van der Waals surface area contributed by atoms with Crippen LogP contribution in [0.2, 0.25) is 0 Å². The first-order valence-corrected chi connectivity index (χ1v) is 9.55.